The summed E-state index contributed by atoms with van der Waals surface area (Å²) in [6.07, 6.45) is 0.0120. The molecule has 1 unspecified atom stereocenters. The average Bonchev–Trinajstić information content (AvgIpc) is 3.46. The number of hydrogen-bond acceptors (Lipinski definition) is 5. The molecule has 1 saturated heterocycles. The Hall–Kier alpha value is -3.90. The monoisotopic (exact) mass is 483 g/mol. The van der Waals surface area contributed by atoms with Gasteiger partial charge in [-0.05, 0) is 67.4 Å². The summed E-state index contributed by atoms with van der Waals surface area (Å²) in [5.41, 5.74) is 2.02. The summed E-state index contributed by atoms with van der Waals surface area (Å²) >= 11 is 1.45. The number of rotatable bonds is 5. The number of ketones is 1. The lowest BCUT2D eigenvalue weighted by Gasteiger charge is -2.25. The Bertz CT molecular complexity index is 1460. The third-order valence-corrected chi connectivity index (χ3v) is 7.02. The molecule has 6 heteroatoms. The van der Waals surface area contributed by atoms with Crippen molar-refractivity contribution >= 4 is 45.2 Å². The van der Waals surface area contributed by atoms with E-state index in [4.69, 9.17) is 4.74 Å². The van der Waals surface area contributed by atoms with Gasteiger partial charge >= 0.3 is 0 Å². The number of nitrogens with zero attached hydrogens (tertiary/aromatic N) is 1. The second kappa shape index (κ2) is 9.04. The number of amides is 1. The van der Waals surface area contributed by atoms with Crippen LogP contribution in [0.1, 0.15) is 35.9 Å². The third kappa shape index (κ3) is 4.00. The van der Waals surface area contributed by atoms with Crippen molar-refractivity contribution in [2.45, 2.75) is 32.9 Å². The van der Waals surface area contributed by atoms with Crippen molar-refractivity contribution in [3.63, 3.8) is 0 Å². The standard InChI is InChI=1S/C29H25NO4S/c1-17(2)34-23-14-13-20(16-18(23)3)27(31)25-26(24-12-7-15-35-24)30(29(33)28(25)32)22-11-6-9-19-8-4-5-10-21(19)22/h4-17,26,31H,1-3H3/b27-25-. The largest absolute Gasteiger partial charge is 0.507 e. The van der Waals surface area contributed by atoms with Gasteiger partial charge in [0.15, 0.2) is 0 Å². The SMILES string of the molecule is Cc1cc(/C(O)=C2/C(=O)C(=O)N(c3cccc4ccccc34)C2c2cccs2)ccc1OC(C)C. The highest BCUT2D eigenvalue weighted by Crippen LogP contribution is 2.45. The van der Waals surface area contributed by atoms with Crippen molar-refractivity contribution in [3.8, 4) is 5.75 Å². The van der Waals surface area contributed by atoms with Crippen LogP contribution in [-0.4, -0.2) is 22.9 Å². The van der Waals surface area contributed by atoms with Crippen molar-refractivity contribution in [2.75, 3.05) is 4.90 Å². The smallest absolute Gasteiger partial charge is 0.300 e. The molecule has 1 aliphatic heterocycles. The van der Waals surface area contributed by atoms with Crippen LogP contribution in [0.15, 0.2) is 83.7 Å². The van der Waals surface area contributed by atoms with Crippen LogP contribution in [0, 0.1) is 6.92 Å². The quantitative estimate of drug-likeness (QED) is 0.197. The second-order valence-electron chi connectivity index (χ2n) is 8.83. The van der Waals surface area contributed by atoms with Crippen LogP contribution in [0.25, 0.3) is 16.5 Å². The van der Waals surface area contributed by atoms with Gasteiger partial charge < -0.3 is 9.84 Å². The molecule has 35 heavy (non-hydrogen) atoms. The molecule has 5 rings (SSSR count). The highest BCUT2D eigenvalue weighted by Gasteiger charge is 2.47. The number of benzene rings is 3. The third-order valence-electron chi connectivity index (χ3n) is 6.09. The number of ether oxygens (including phenoxy) is 1. The minimum atomic E-state index is -0.729. The van der Waals surface area contributed by atoms with Crippen LogP contribution >= 0.6 is 11.3 Å². The number of thiophene rings is 1. The molecule has 1 amide bonds. The van der Waals surface area contributed by atoms with Crippen molar-refractivity contribution in [1.29, 1.82) is 0 Å². The number of aliphatic hydroxyl groups excluding tert-OH is 1. The first kappa shape index (κ1) is 22.9. The lowest BCUT2D eigenvalue weighted by molar-refractivity contribution is -0.132. The Balaban J connectivity index is 1.69. The summed E-state index contributed by atoms with van der Waals surface area (Å²) in [5.74, 6) is -0.835. The van der Waals surface area contributed by atoms with Crippen LogP contribution in [0.4, 0.5) is 5.69 Å². The van der Waals surface area contributed by atoms with Gasteiger partial charge in [-0.15, -0.1) is 11.3 Å². The minimum absolute atomic E-state index is 0.0120. The van der Waals surface area contributed by atoms with Gasteiger partial charge in [0.2, 0.25) is 0 Å². The molecule has 0 saturated carbocycles. The fourth-order valence-electron chi connectivity index (χ4n) is 4.55. The lowest BCUT2D eigenvalue weighted by atomic mass is 9.98. The van der Waals surface area contributed by atoms with Gasteiger partial charge in [-0.2, -0.15) is 0 Å². The molecule has 4 aromatic rings. The van der Waals surface area contributed by atoms with E-state index in [1.54, 1.807) is 18.2 Å². The average molecular weight is 484 g/mol. The summed E-state index contributed by atoms with van der Waals surface area (Å²) in [4.78, 5) is 29.2. The van der Waals surface area contributed by atoms with Gasteiger partial charge in [-0.25, -0.2) is 0 Å². The second-order valence-corrected chi connectivity index (χ2v) is 9.81. The molecule has 3 aromatic carbocycles. The van der Waals surface area contributed by atoms with Crippen LogP contribution < -0.4 is 9.64 Å². The van der Waals surface area contributed by atoms with E-state index in [0.717, 1.165) is 21.2 Å². The first-order valence-electron chi connectivity index (χ1n) is 11.5. The summed E-state index contributed by atoms with van der Waals surface area (Å²) in [7, 11) is 0. The molecule has 5 nitrogen and oxygen atoms in total. The summed E-state index contributed by atoms with van der Waals surface area (Å²) < 4.78 is 5.81. The van der Waals surface area contributed by atoms with Crippen LogP contribution in [0.5, 0.6) is 5.75 Å². The highest BCUT2D eigenvalue weighted by molar-refractivity contribution is 7.10. The molecule has 1 atom stereocenters. The molecule has 176 valence electrons. The zero-order valence-electron chi connectivity index (χ0n) is 19.7. The molecular formula is C29H25NO4S. The maximum absolute atomic E-state index is 13.5. The molecule has 1 aromatic heterocycles. The summed E-state index contributed by atoms with van der Waals surface area (Å²) in [5, 5.41) is 15.1. The van der Waals surface area contributed by atoms with Crippen LogP contribution in [0.2, 0.25) is 0 Å². The number of aryl methyl sites for hydroxylation is 1. The van der Waals surface area contributed by atoms with E-state index in [1.165, 1.54) is 16.2 Å². The first-order valence-corrected chi connectivity index (χ1v) is 12.3. The Kier molecular flexibility index (Phi) is 5.91. The highest BCUT2D eigenvalue weighted by atomic mass is 32.1. The zero-order chi connectivity index (χ0) is 24.7. The van der Waals surface area contributed by atoms with Crippen LogP contribution in [0.3, 0.4) is 0 Å². The maximum atomic E-state index is 13.5. The molecule has 1 fully saturated rings. The van der Waals surface area contributed by atoms with Crippen LogP contribution in [-0.2, 0) is 9.59 Å². The number of hydrogen-bond donors (Lipinski definition) is 1. The Morgan fingerprint density at radius 2 is 1.77 bits per heavy atom. The fourth-order valence-corrected chi connectivity index (χ4v) is 5.38. The van der Waals surface area contributed by atoms with Crippen molar-refractivity contribution in [1.82, 2.24) is 0 Å². The van der Waals surface area contributed by atoms with Crippen molar-refractivity contribution in [2.24, 2.45) is 0 Å². The summed E-state index contributed by atoms with van der Waals surface area (Å²) in [6.45, 7) is 5.78. The molecule has 1 aliphatic rings. The molecule has 0 aliphatic carbocycles. The molecule has 2 heterocycles. The van der Waals surface area contributed by atoms with E-state index in [0.29, 0.717) is 17.0 Å². The Labute approximate surface area is 207 Å². The van der Waals surface area contributed by atoms with Gasteiger partial charge in [0.1, 0.15) is 17.6 Å². The van der Waals surface area contributed by atoms with Gasteiger partial charge in [0.05, 0.1) is 17.4 Å². The molecule has 0 radical (unpaired) electrons. The number of fused-ring (bicyclic) bond motifs is 1. The molecule has 0 bridgehead atoms. The maximum Gasteiger partial charge on any atom is 0.300 e. The Morgan fingerprint density at radius 3 is 2.49 bits per heavy atom. The van der Waals surface area contributed by atoms with E-state index >= 15 is 0 Å². The topological polar surface area (TPSA) is 66.8 Å². The number of aliphatic hydroxyl groups is 1. The van der Waals surface area contributed by atoms with E-state index in [-0.39, 0.29) is 17.4 Å². The fraction of sp³-hybridized carbons (Fsp3) is 0.172. The molecular weight excluding hydrogens is 458 g/mol. The normalized spacial score (nSPS) is 17.5. The molecule has 0 spiro atoms. The van der Waals surface area contributed by atoms with E-state index in [2.05, 4.69) is 0 Å². The minimum Gasteiger partial charge on any atom is -0.507 e. The van der Waals surface area contributed by atoms with Gasteiger partial charge in [-0.1, -0.05) is 42.5 Å². The predicted molar refractivity (Wildman–Crippen MR) is 140 cm³/mol. The zero-order valence-corrected chi connectivity index (χ0v) is 20.5. The number of Topliss-reactive ketones (excluding diaryl/α,β-unsaturated/α-hetero) is 1. The van der Waals surface area contributed by atoms with Gasteiger partial charge in [-0.3, -0.25) is 14.5 Å². The number of carbonyl (C=O) groups is 2. The first-order chi connectivity index (χ1) is 16.9. The number of anilines is 1. The van der Waals surface area contributed by atoms with E-state index in [9.17, 15) is 14.7 Å². The van der Waals surface area contributed by atoms with Gasteiger partial charge in [0, 0.05) is 15.8 Å². The van der Waals surface area contributed by atoms with E-state index < -0.39 is 17.7 Å². The van der Waals surface area contributed by atoms with Crippen molar-refractivity contribution < 1.29 is 19.4 Å². The van der Waals surface area contributed by atoms with Crippen molar-refractivity contribution in [3.05, 3.63) is 99.8 Å². The van der Waals surface area contributed by atoms with E-state index in [1.807, 2.05) is 80.7 Å². The molecule has 1 N–H and O–H groups in total. The van der Waals surface area contributed by atoms with Gasteiger partial charge in [0.25, 0.3) is 11.7 Å². The lowest BCUT2D eigenvalue weighted by Crippen LogP contribution is -2.29. The number of carbonyl (C=O) groups excluding carboxylic acids is 2. The Morgan fingerprint density at radius 1 is 1.00 bits per heavy atom. The summed E-state index contributed by atoms with van der Waals surface area (Å²) in [6, 6.07) is 21.8. The predicted octanol–water partition coefficient (Wildman–Crippen LogP) is 6.62.